The highest BCUT2D eigenvalue weighted by molar-refractivity contribution is 14.1. The summed E-state index contributed by atoms with van der Waals surface area (Å²) in [5, 5.41) is 12.0. The summed E-state index contributed by atoms with van der Waals surface area (Å²) in [6.45, 7) is 3.64. The number of rotatable bonds is 4. The lowest BCUT2D eigenvalue weighted by Crippen LogP contribution is -2.38. The fraction of sp³-hybridized carbons (Fsp3) is 0.375. The maximum atomic E-state index is 12.9. The molecule has 1 aromatic carbocycles. The number of aliphatic hydroxyl groups is 1. The second-order valence-corrected chi connectivity index (χ2v) is 9.49. The van der Waals surface area contributed by atoms with Crippen LogP contribution in [-0.2, 0) is 4.74 Å². The molecule has 1 atom stereocenters. The highest BCUT2D eigenvalue weighted by Crippen LogP contribution is 2.28. The minimum atomic E-state index is -1.73. The number of likely N-dealkylation sites (tertiary alicyclic amines) is 1. The molecule has 1 aromatic rings. The molecule has 26 heavy (non-hydrogen) atoms. The number of carbonyl (C=O) groups is 2. The first kappa shape index (κ1) is 21.6. The number of hydrogen-bond acceptors (Lipinski definition) is 4. The van der Waals surface area contributed by atoms with Crippen molar-refractivity contribution in [3.63, 3.8) is 0 Å². The quantitative estimate of drug-likeness (QED) is 0.349. The van der Waals surface area contributed by atoms with Gasteiger partial charge in [0, 0.05) is 10.1 Å². The zero-order valence-corrected chi connectivity index (χ0v) is 17.9. The lowest BCUT2D eigenvalue weighted by Gasteiger charge is -2.24. The minimum absolute atomic E-state index is 0.164. The number of amides is 2. The fourth-order valence-corrected chi connectivity index (χ4v) is 3.18. The van der Waals surface area contributed by atoms with Gasteiger partial charge in [-0.2, -0.15) is 0 Å². The molecule has 1 aliphatic rings. The van der Waals surface area contributed by atoms with E-state index in [4.69, 9.17) is 39.5 Å². The number of anilines is 1. The Morgan fingerprint density at radius 3 is 2.73 bits per heavy atom. The van der Waals surface area contributed by atoms with Gasteiger partial charge in [0.05, 0.1) is 23.9 Å². The molecule has 0 aliphatic carbocycles. The van der Waals surface area contributed by atoms with Crippen LogP contribution in [0.15, 0.2) is 30.4 Å². The number of carbonyl (C=O) groups excluding carboxylic acids is 2. The highest BCUT2D eigenvalue weighted by Gasteiger charge is 2.32. The normalized spacial score (nSPS) is 17.3. The summed E-state index contributed by atoms with van der Waals surface area (Å²) in [5.41, 5.74) is 1.40. The maximum Gasteiger partial charge on any atom is 0.411 e. The third kappa shape index (κ3) is 5.88. The van der Waals surface area contributed by atoms with E-state index in [2.05, 4.69) is 34.5 Å². The maximum absolute atomic E-state index is 12.9. The first-order valence-electron chi connectivity index (χ1n) is 7.49. The summed E-state index contributed by atoms with van der Waals surface area (Å²) < 4.78 is 3.91. The molecule has 0 bridgehead atoms. The standard InChI is InChI=1S/C16H16Cl3IN2O4/c1-9-4-11(7-23)22(6-9)14(24)12-5-10(20)2-3-13(12)21-15(25)26-8-16(17,18)19/h2-3,5,11,23H,1,4,6-8H2,(H,21,25)/t11-/m0/s1. The zero-order valence-electron chi connectivity index (χ0n) is 13.5. The van der Waals surface area contributed by atoms with Gasteiger partial charge in [0.25, 0.3) is 5.91 Å². The van der Waals surface area contributed by atoms with Crippen molar-refractivity contribution >= 4 is 75.1 Å². The van der Waals surface area contributed by atoms with Crippen LogP contribution in [-0.4, -0.2) is 51.6 Å². The number of hydrogen-bond donors (Lipinski definition) is 2. The van der Waals surface area contributed by atoms with Gasteiger partial charge in [-0.25, -0.2) is 4.79 Å². The molecule has 0 unspecified atom stereocenters. The number of aliphatic hydroxyl groups excluding tert-OH is 1. The van der Waals surface area contributed by atoms with Crippen LogP contribution in [0.1, 0.15) is 16.8 Å². The largest absolute Gasteiger partial charge is 0.445 e. The molecule has 1 fully saturated rings. The van der Waals surface area contributed by atoms with Crippen LogP contribution in [0, 0.1) is 3.57 Å². The smallest absolute Gasteiger partial charge is 0.411 e. The van der Waals surface area contributed by atoms with Crippen molar-refractivity contribution in [1.29, 1.82) is 0 Å². The molecule has 0 saturated carbocycles. The summed E-state index contributed by atoms with van der Waals surface area (Å²) in [7, 11) is 0. The van der Waals surface area contributed by atoms with Crippen molar-refractivity contribution in [3.05, 3.63) is 39.5 Å². The SMILES string of the molecule is C=C1C[C@@H](CO)N(C(=O)c2cc(I)ccc2NC(=O)OCC(Cl)(Cl)Cl)C1. The van der Waals surface area contributed by atoms with Crippen molar-refractivity contribution in [3.8, 4) is 0 Å². The van der Waals surface area contributed by atoms with Crippen molar-refractivity contribution < 1.29 is 19.4 Å². The lowest BCUT2D eigenvalue weighted by atomic mass is 10.1. The summed E-state index contributed by atoms with van der Waals surface area (Å²) in [6.07, 6.45) is -0.309. The minimum Gasteiger partial charge on any atom is -0.445 e. The monoisotopic (exact) mass is 532 g/mol. The number of ether oxygens (including phenoxy) is 1. The van der Waals surface area contributed by atoms with Crippen molar-refractivity contribution in [2.24, 2.45) is 0 Å². The van der Waals surface area contributed by atoms with E-state index in [-0.39, 0.29) is 29.8 Å². The molecule has 1 saturated heterocycles. The average molecular weight is 534 g/mol. The molecular weight excluding hydrogens is 517 g/mol. The topological polar surface area (TPSA) is 78.9 Å². The number of nitrogens with zero attached hydrogens (tertiary/aromatic N) is 1. The molecule has 2 amide bonds. The molecule has 2 rings (SSSR count). The van der Waals surface area contributed by atoms with Crippen molar-refractivity contribution in [2.75, 3.05) is 25.1 Å². The Morgan fingerprint density at radius 1 is 1.42 bits per heavy atom. The Kier molecular flexibility index (Phi) is 7.43. The van der Waals surface area contributed by atoms with Gasteiger partial charge in [0.15, 0.2) is 0 Å². The molecule has 0 spiro atoms. The van der Waals surface area contributed by atoms with E-state index >= 15 is 0 Å². The third-order valence-electron chi connectivity index (χ3n) is 3.65. The van der Waals surface area contributed by atoms with Gasteiger partial charge in [0.2, 0.25) is 3.79 Å². The average Bonchev–Trinajstić information content (AvgIpc) is 2.94. The molecule has 2 N–H and O–H groups in total. The number of nitrogens with one attached hydrogen (secondary N) is 1. The lowest BCUT2D eigenvalue weighted by molar-refractivity contribution is 0.0680. The van der Waals surface area contributed by atoms with Crippen LogP contribution in [0.25, 0.3) is 0 Å². The van der Waals surface area contributed by atoms with Crippen LogP contribution in [0.3, 0.4) is 0 Å². The van der Waals surface area contributed by atoms with E-state index in [1.165, 1.54) is 4.90 Å². The third-order valence-corrected chi connectivity index (χ3v) is 4.64. The molecule has 0 radical (unpaired) electrons. The molecular formula is C16H16Cl3IN2O4. The Labute approximate surface area is 179 Å². The molecule has 10 heteroatoms. The molecule has 6 nitrogen and oxygen atoms in total. The van der Waals surface area contributed by atoms with Gasteiger partial charge in [-0.05, 0) is 47.2 Å². The highest BCUT2D eigenvalue weighted by atomic mass is 127. The summed E-state index contributed by atoms with van der Waals surface area (Å²) >= 11 is 18.7. The van der Waals surface area contributed by atoms with E-state index in [0.29, 0.717) is 13.0 Å². The van der Waals surface area contributed by atoms with Gasteiger partial charge < -0.3 is 14.7 Å². The van der Waals surface area contributed by atoms with Crippen molar-refractivity contribution in [2.45, 2.75) is 16.3 Å². The first-order chi connectivity index (χ1) is 12.1. The Bertz CT molecular complexity index is 724. The van der Waals surface area contributed by atoms with E-state index in [1.807, 2.05) is 0 Å². The molecule has 0 aromatic heterocycles. The van der Waals surface area contributed by atoms with Crippen LogP contribution in [0.5, 0.6) is 0 Å². The number of benzene rings is 1. The van der Waals surface area contributed by atoms with Crippen LogP contribution in [0.2, 0.25) is 0 Å². The Morgan fingerprint density at radius 2 is 2.12 bits per heavy atom. The Balaban J connectivity index is 2.20. The summed E-state index contributed by atoms with van der Waals surface area (Å²) in [6, 6.07) is 4.62. The predicted octanol–water partition coefficient (Wildman–Crippen LogP) is 3.97. The van der Waals surface area contributed by atoms with Crippen LogP contribution in [0.4, 0.5) is 10.5 Å². The van der Waals surface area contributed by atoms with Gasteiger partial charge in [-0.1, -0.05) is 47.0 Å². The second-order valence-electron chi connectivity index (χ2n) is 5.73. The Hall–Kier alpha value is -0.740. The van der Waals surface area contributed by atoms with Gasteiger partial charge >= 0.3 is 6.09 Å². The van der Waals surface area contributed by atoms with E-state index in [0.717, 1.165) is 9.14 Å². The van der Waals surface area contributed by atoms with Gasteiger partial charge in [0.1, 0.15) is 6.61 Å². The molecule has 1 aliphatic heterocycles. The zero-order chi connectivity index (χ0) is 19.5. The van der Waals surface area contributed by atoms with E-state index in [9.17, 15) is 14.7 Å². The predicted molar refractivity (Wildman–Crippen MR) is 110 cm³/mol. The van der Waals surface area contributed by atoms with Crippen LogP contribution < -0.4 is 5.32 Å². The van der Waals surface area contributed by atoms with Crippen LogP contribution >= 0.6 is 57.4 Å². The van der Waals surface area contributed by atoms with E-state index in [1.54, 1.807) is 18.2 Å². The number of halogens is 4. The van der Waals surface area contributed by atoms with Gasteiger partial charge in [-0.15, -0.1) is 0 Å². The van der Waals surface area contributed by atoms with Crippen molar-refractivity contribution in [1.82, 2.24) is 4.90 Å². The molecule has 1 heterocycles. The number of alkyl halides is 3. The first-order valence-corrected chi connectivity index (χ1v) is 9.70. The second kappa shape index (κ2) is 8.97. The van der Waals surface area contributed by atoms with Gasteiger partial charge in [-0.3, -0.25) is 10.1 Å². The van der Waals surface area contributed by atoms with E-state index < -0.39 is 16.5 Å². The fourth-order valence-electron chi connectivity index (χ4n) is 2.53. The molecule has 142 valence electrons. The summed E-state index contributed by atoms with van der Waals surface area (Å²) in [5.74, 6) is -0.321. The summed E-state index contributed by atoms with van der Waals surface area (Å²) in [4.78, 5) is 26.4.